The van der Waals surface area contributed by atoms with Crippen LogP contribution in [0.25, 0.3) is 0 Å². The number of hydrogen-bond donors (Lipinski definition) is 6. The summed E-state index contributed by atoms with van der Waals surface area (Å²) in [5.74, 6) is 0.214. The van der Waals surface area contributed by atoms with E-state index < -0.39 is 30.9 Å². The number of rotatable bonds is 9. The number of carbonyl (C=O) groups is 2. The van der Waals surface area contributed by atoms with Crippen LogP contribution in [0.5, 0.6) is 11.5 Å². The van der Waals surface area contributed by atoms with Gasteiger partial charge in [-0.1, -0.05) is 12.1 Å². The Morgan fingerprint density at radius 3 is 1.67 bits per heavy atom. The third-order valence-corrected chi connectivity index (χ3v) is 7.13. The van der Waals surface area contributed by atoms with E-state index in [-0.39, 0.29) is 30.9 Å². The zero-order valence-corrected chi connectivity index (χ0v) is 25.2. The molecule has 2 fully saturated rings. The van der Waals surface area contributed by atoms with Crippen molar-refractivity contribution in [3.63, 3.8) is 0 Å². The van der Waals surface area contributed by atoms with Crippen LogP contribution in [0.4, 0.5) is 11.4 Å². The van der Waals surface area contributed by atoms with Crippen molar-refractivity contribution in [3.05, 3.63) is 83.9 Å². The maximum absolute atomic E-state index is 12.9. The molecule has 3 aromatic carbocycles. The first-order chi connectivity index (χ1) is 21.7. The molecule has 0 bridgehead atoms. The standard InChI is InChI=1S/C32H36N2O9.CH4O/c1-19-12-24(36)16-29(40-19)41-26-6-2-4-22(13-26)33-31(38)20-8-10-21(11-9-20)32(39)34-23-5-3-7-27(14-23)42-30-17-25(37)15-28(18-35)43-30;1-2/h2-11,13-14,19,24-25,28-30,35-37H,12,15-18H2,1H3,(H,33,38)(H,34,39);2H,1H3. The fraction of sp³-hybridized carbons (Fsp3) is 0.394. The molecule has 0 aliphatic carbocycles. The van der Waals surface area contributed by atoms with Gasteiger partial charge in [0.15, 0.2) is 0 Å². The molecule has 2 aliphatic rings. The summed E-state index contributed by atoms with van der Waals surface area (Å²) in [4.78, 5) is 25.7. The quantitative estimate of drug-likeness (QED) is 0.207. The van der Waals surface area contributed by atoms with Gasteiger partial charge in [0.1, 0.15) is 11.5 Å². The first-order valence-corrected chi connectivity index (χ1v) is 14.7. The lowest BCUT2D eigenvalue weighted by Gasteiger charge is -2.32. The number of carbonyl (C=O) groups excluding carboxylic acids is 2. The Labute approximate surface area is 261 Å². The molecular formula is C33H40N2O10. The third-order valence-electron chi connectivity index (χ3n) is 7.13. The van der Waals surface area contributed by atoms with Crippen molar-refractivity contribution >= 4 is 23.2 Å². The number of aliphatic hydroxyl groups is 4. The molecule has 242 valence electrons. The minimum absolute atomic E-state index is 0.112. The Kier molecular flexibility index (Phi) is 12.3. The molecule has 12 nitrogen and oxygen atoms in total. The average molecular weight is 625 g/mol. The van der Waals surface area contributed by atoms with Gasteiger partial charge in [0.05, 0.1) is 31.0 Å². The molecule has 2 heterocycles. The van der Waals surface area contributed by atoms with Gasteiger partial charge in [-0.3, -0.25) is 9.59 Å². The predicted molar refractivity (Wildman–Crippen MR) is 165 cm³/mol. The van der Waals surface area contributed by atoms with Gasteiger partial charge in [0, 0.05) is 61.0 Å². The monoisotopic (exact) mass is 624 g/mol. The highest BCUT2D eigenvalue weighted by atomic mass is 16.7. The summed E-state index contributed by atoms with van der Waals surface area (Å²) in [7, 11) is 1.00. The molecule has 6 unspecified atom stereocenters. The van der Waals surface area contributed by atoms with Crippen molar-refractivity contribution in [2.45, 2.75) is 69.6 Å². The summed E-state index contributed by atoms with van der Waals surface area (Å²) in [6.45, 7) is 1.67. The van der Waals surface area contributed by atoms with E-state index in [1.54, 1.807) is 72.8 Å². The van der Waals surface area contributed by atoms with E-state index in [9.17, 15) is 24.9 Å². The van der Waals surface area contributed by atoms with Gasteiger partial charge in [-0.05, 0) is 61.9 Å². The largest absolute Gasteiger partial charge is 0.465 e. The third kappa shape index (κ3) is 9.98. The Balaban J connectivity index is 0.00000226. The van der Waals surface area contributed by atoms with Crippen molar-refractivity contribution in [3.8, 4) is 11.5 Å². The van der Waals surface area contributed by atoms with Crippen LogP contribution in [-0.2, 0) is 9.47 Å². The van der Waals surface area contributed by atoms with Crippen LogP contribution in [0.15, 0.2) is 72.8 Å². The molecule has 6 atom stereocenters. The van der Waals surface area contributed by atoms with E-state index in [1.807, 2.05) is 6.92 Å². The molecule has 45 heavy (non-hydrogen) atoms. The molecule has 2 amide bonds. The number of hydrogen-bond acceptors (Lipinski definition) is 10. The molecule has 2 saturated heterocycles. The SMILES string of the molecule is CC1CC(O)CC(Oc2cccc(NC(=O)c3ccc(C(=O)Nc4cccc(OC5CC(O)CC(CO)O5)c4)cc3)c2)O1.CO. The predicted octanol–water partition coefficient (Wildman–Crippen LogP) is 3.30. The number of ether oxygens (including phenoxy) is 4. The normalized spacial score (nSPS) is 24.4. The molecular weight excluding hydrogens is 584 g/mol. The molecule has 0 saturated carbocycles. The second-order valence-electron chi connectivity index (χ2n) is 10.8. The smallest absolute Gasteiger partial charge is 0.255 e. The van der Waals surface area contributed by atoms with Crippen LogP contribution in [0.3, 0.4) is 0 Å². The average Bonchev–Trinajstić information content (AvgIpc) is 3.01. The fourth-order valence-electron chi connectivity index (χ4n) is 5.07. The van der Waals surface area contributed by atoms with Crippen molar-refractivity contribution in [1.82, 2.24) is 0 Å². The summed E-state index contributed by atoms with van der Waals surface area (Å²) < 4.78 is 23.1. The van der Waals surface area contributed by atoms with E-state index in [4.69, 9.17) is 24.1 Å². The second kappa shape index (κ2) is 16.3. The van der Waals surface area contributed by atoms with Gasteiger partial charge >= 0.3 is 0 Å². The van der Waals surface area contributed by atoms with Crippen molar-refractivity contribution in [2.24, 2.45) is 0 Å². The van der Waals surface area contributed by atoms with Crippen LogP contribution in [0.1, 0.15) is 53.3 Å². The summed E-state index contributed by atoms with van der Waals surface area (Å²) in [5.41, 5.74) is 1.73. The maximum Gasteiger partial charge on any atom is 0.255 e. The fourth-order valence-corrected chi connectivity index (χ4v) is 5.07. The molecule has 0 spiro atoms. The maximum atomic E-state index is 12.9. The number of amides is 2. The van der Waals surface area contributed by atoms with Gasteiger partial charge in [0.25, 0.3) is 11.8 Å². The molecule has 12 heteroatoms. The zero-order chi connectivity index (χ0) is 32.3. The van der Waals surface area contributed by atoms with Gasteiger partial charge in [-0.2, -0.15) is 0 Å². The first kappa shape index (κ1) is 33.8. The number of nitrogens with one attached hydrogen (secondary N) is 2. The first-order valence-electron chi connectivity index (χ1n) is 14.7. The van der Waals surface area contributed by atoms with Crippen LogP contribution < -0.4 is 20.1 Å². The summed E-state index contributed by atoms with van der Waals surface area (Å²) in [6, 6.07) is 19.9. The van der Waals surface area contributed by atoms with Crippen molar-refractivity contribution in [2.75, 3.05) is 24.4 Å². The lowest BCUT2D eigenvalue weighted by Crippen LogP contribution is -2.40. The minimum atomic E-state index is -0.718. The number of aliphatic hydroxyl groups excluding tert-OH is 4. The zero-order valence-electron chi connectivity index (χ0n) is 25.2. The highest BCUT2D eigenvalue weighted by molar-refractivity contribution is 6.07. The highest BCUT2D eigenvalue weighted by Crippen LogP contribution is 2.27. The van der Waals surface area contributed by atoms with Gasteiger partial charge in [-0.25, -0.2) is 0 Å². The van der Waals surface area contributed by atoms with Crippen molar-refractivity contribution in [1.29, 1.82) is 0 Å². The summed E-state index contributed by atoms with van der Waals surface area (Å²) in [6.07, 6.45) is -1.48. The molecule has 6 N–H and O–H groups in total. The van der Waals surface area contributed by atoms with Crippen LogP contribution >= 0.6 is 0 Å². The van der Waals surface area contributed by atoms with E-state index in [0.717, 1.165) is 7.11 Å². The van der Waals surface area contributed by atoms with Crippen LogP contribution in [-0.4, -0.2) is 83.0 Å². The van der Waals surface area contributed by atoms with Gasteiger partial charge in [0.2, 0.25) is 12.6 Å². The topological polar surface area (TPSA) is 176 Å². The van der Waals surface area contributed by atoms with Gasteiger partial charge < -0.3 is 50.0 Å². The molecule has 0 aromatic heterocycles. The van der Waals surface area contributed by atoms with E-state index in [1.165, 1.54) is 0 Å². The Morgan fingerprint density at radius 1 is 0.733 bits per heavy atom. The molecule has 2 aliphatic heterocycles. The van der Waals surface area contributed by atoms with Gasteiger partial charge in [-0.15, -0.1) is 0 Å². The Morgan fingerprint density at radius 2 is 1.20 bits per heavy atom. The minimum Gasteiger partial charge on any atom is -0.465 e. The number of benzene rings is 3. The van der Waals surface area contributed by atoms with Crippen molar-refractivity contribution < 1.29 is 49.0 Å². The van der Waals surface area contributed by atoms with Crippen LogP contribution in [0.2, 0.25) is 0 Å². The van der Waals surface area contributed by atoms with E-state index in [2.05, 4.69) is 10.6 Å². The Bertz CT molecular complexity index is 1390. The van der Waals surface area contributed by atoms with Crippen LogP contribution in [0, 0.1) is 0 Å². The molecule has 3 aromatic rings. The summed E-state index contributed by atoms with van der Waals surface area (Å²) in [5, 5.41) is 42.0. The van der Waals surface area contributed by atoms with E-state index >= 15 is 0 Å². The molecule has 5 rings (SSSR count). The highest BCUT2D eigenvalue weighted by Gasteiger charge is 2.29. The lowest BCUT2D eigenvalue weighted by atomic mass is 10.1. The molecule has 0 radical (unpaired) electrons. The second-order valence-corrected chi connectivity index (χ2v) is 10.8. The summed E-state index contributed by atoms with van der Waals surface area (Å²) >= 11 is 0. The number of anilines is 2. The van der Waals surface area contributed by atoms with E-state index in [0.29, 0.717) is 53.3 Å². The lowest BCUT2D eigenvalue weighted by molar-refractivity contribution is -0.184. The Hall–Kier alpha value is -4.04.